The van der Waals surface area contributed by atoms with E-state index in [2.05, 4.69) is 5.16 Å². The summed E-state index contributed by atoms with van der Waals surface area (Å²) in [4.78, 5) is 0.929. The molecule has 1 heterocycles. The van der Waals surface area contributed by atoms with Crippen LogP contribution >= 0.6 is 22.9 Å². The van der Waals surface area contributed by atoms with Crippen molar-refractivity contribution < 1.29 is 14.3 Å². The van der Waals surface area contributed by atoms with Gasteiger partial charge in [0.2, 0.25) is 0 Å². The van der Waals surface area contributed by atoms with Gasteiger partial charge in [-0.25, -0.2) is 4.39 Å². The number of benzene rings is 1. The van der Waals surface area contributed by atoms with Crippen molar-refractivity contribution in [3.63, 3.8) is 0 Å². The maximum Gasteiger partial charge on any atom is 0.131 e. The number of nitrogens with zero attached hydrogens (tertiary/aromatic N) is 1. The van der Waals surface area contributed by atoms with E-state index in [1.54, 1.807) is 13.0 Å². The third kappa shape index (κ3) is 3.45. The first kappa shape index (κ1) is 13.8. The van der Waals surface area contributed by atoms with Crippen molar-refractivity contribution in [3.8, 4) is 5.75 Å². The Morgan fingerprint density at radius 1 is 1.42 bits per heavy atom. The highest BCUT2D eigenvalue weighted by Gasteiger charge is 2.10. The second-order valence-corrected chi connectivity index (χ2v) is 5.62. The van der Waals surface area contributed by atoms with E-state index >= 15 is 0 Å². The fourth-order valence-electron chi connectivity index (χ4n) is 1.55. The Morgan fingerprint density at radius 3 is 2.84 bits per heavy atom. The molecule has 6 heteroatoms. The second-order valence-electron chi connectivity index (χ2n) is 3.82. The Bertz CT molecular complexity index is 612. The number of halogens is 2. The van der Waals surface area contributed by atoms with Gasteiger partial charge in [0.25, 0.3) is 0 Å². The highest BCUT2D eigenvalue weighted by molar-refractivity contribution is 7.16. The molecule has 3 nitrogen and oxygen atoms in total. The van der Waals surface area contributed by atoms with E-state index in [-0.39, 0.29) is 6.61 Å². The van der Waals surface area contributed by atoms with Crippen LogP contribution in [-0.4, -0.2) is 10.9 Å². The molecule has 1 N–H and O–H groups in total. The lowest BCUT2D eigenvalue weighted by Crippen LogP contribution is -2.02. The largest absolute Gasteiger partial charge is 0.487 e. The van der Waals surface area contributed by atoms with Gasteiger partial charge in [-0.2, -0.15) is 0 Å². The molecular weight excluding hydrogens is 289 g/mol. The van der Waals surface area contributed by atoms with Crippen LogP contribution in [0.25, 0.3) is 0 Å². The van der Waals surface area contributed by atoms with Gasteiger partial charge in [-0.1, -0.05) is 16.8 Å². The first-order valence-corrected chi connectivity index (χ1v) is 6.65. The lowest BCUT2D eigenvalue weighted by Gasteiger charge is -2.10. The highest BCUT2D eigenvalue weighted by atomic mass is 35.5. The highest BCUT2D eigenvalue weighted by Crippen LogP contribution is 2.25. The quantitative estimate of drug-likeness (QED) is 0.519. The van der Waals surface area contributed by atoms with E-state index in [1.165, 1.54) is 29.5 Å². The summed E-state index contributed by atoms with van der Waals surface area (Å²) in [6.07, 6.45) is 0. The average molecular weight is 300 g/mol. The van der Waals surface area contributed by atoms with Gasteiger partial charge >= 0.3 is 0 Å². The summed E-state index contributed by atoms with van der Waals surface area (Å²) in [6.45, 7) is 1.90. The summed E-state index contributed by atoms with van der Waals surface area (Å²) in [5.41, 5.74) is 0.908. The molecule has 0 saturated heterocycles. The van der Waals surface area contributed by atoms with Crippen molar-refractivity contribution in [2.45, 2.75) is 13.5 Å². The molecule has 1 aromatic carbocycles. The third-order valence-corrected chi connectivity index (χ3v) is 3.69. The van der Waals surface area contributed by atoms with Crippen LogP contribution < -0.4 is 4.74 Å². The van der Waals surface area contributed by atoms with Gasteiger partial charge in [0.1, 0.15) is 18.2 Å². The number of oxime groups is 1. The van der Waals surface area contributed by atoms with Crippen LogP contribution in [0.5, 0.6) is 5.75 Å². The zero-order valence-electron chi connectivity index (χ0n) is 10.1. The lowest BCUT2D eigenvalue weighted by atomic mass is 10.1. The summed E-state index contributed by atoms with van der Waals surface area (Å²) in [5, 5.41) is 11.9. The molecule has 0 bridgehead atoms. The van der Waals surface area contributed by atoms with E-state index in [9.17, 15) is 4.39 Å². The van der Waals surface area contributed by atoms with Crippen molar-refractivity contribution in [3.05, 3.63) is 50.9 Å². The molecule has 0 aliphatic carbocycles. The molecule has 0 amide bonds. The number of hydrogen-bond donors (Lipinski definition) is 1. The van der Waals surface area contributed by atoms with Gasteiger partial charge in [0.15, 0.2) is 0 Å². The predicted molar refractivity (Wildman–Crippen MR) is 74.1 cm³/mol. The molecule has 0 fully saturated rings. The van der Waals surface area contributed by atoms with Gasteiger partial charge in [0.05, 0.1) is 10.0 Å². The fraction of sp³-hybridized carbons (Fsp3) is 0.154. The molecule has 2 aromatic rings. The number of rotatable bonds is 4. The minimum Gasteiger partial charge on any atom is -0.487 e. The van der Waals surface area contributed by atoms with Gasteiger partial charge in [-0.15, -0.1) is 11.3 Å². The van der Waals surface area contributed by atoms with E-state index < -0.39 is 5.82 Å². The summed E-state index contributed by atoms with van der Waals surface area (Å²) in [7, 11) is 0. The Morgan fingerprint density at radius 2 is 2.21 bits per heavy atom. The molecular formula is C13H11ClFNO2S. The summed E-state index contributed by atoms with van der Waals surface area (Å²) in [5.74, 6) is -0.0754. The fourth-order valence-corrected chi connectivity index (χ4v) is 2.55. The molecule has 0 spiro atoms. The Labute approximate surface area is 118 Å². The van der Waals surface area contributed by atoms with Gasteiger partial charge in [-0.3, -0.25) is 0 Å². The maximum atomic E-state index is 13.2. The SMILES string of the molecule is C/C(=N/O)c1ccc(F)cc1OCc1ccc(Cl)s1. The minimum atomic E-state index is -0.409. The van der Waals surface area contributed by atoms with E-state index in [0.29, 0.717) is 21.4 Å². The smallest absolute Gasteiger partial charge is 0.131 e. The Hall–Kier alpha value is -1.59. The van der Waals surface area contributed by atoms with Crippen molar-refractivity contribution in [2.75, 3.05) is 0 Å². The van der Waals surface area contributed by atoms with E-state index in [0.717, 1.165) is 4.88 Å². The first-order valence-electron chi connectivity index (χ1n) is 5.45. The van der Waals surface area contributed by atoms with Crippen LogP contribution in [0.15, 0.2) is 35.5 Å². The van der Waals surface area contributed by atoms with Gasteiger partial charge < -0.3 is 9.94 Å². The van der Waals surface area contributed by atoms with Gasteiger partial charge in [-0.05, 0) is 31.2 Å². The van der Waals surface area contributed by atoms with Crippen LogP contribution in [0.4, 0.5) is 4.39 Å². The van der Waals surface area contributed by atoms with Gasteiger partial charge in [0, 0.05) is 16.5 Å². The number of thiophene rings is 1. The summed E-state index contributed by atoms with van der Waals surface area (Å²) >= 11 is 7.22. The van der Waals surface area contributed by atoms with E-state index in [1.807, 2.05) is 6.07 Å². The monoisotopic (exact) mass is 299 g/mol. The molecule has 1 aromatic heterocycles. The zero-order chi connectivity index (χ0) is 13.8. The molecule has 0 aliphatic rings. The van der Waals surface area contributed by atoms with Crippen LogP contribution in [0.3, 0.4) is 0 Å². The van der Waals surface area contributed by atoms with Crippen molar-refractivity contribution in [1.29, 1.82) is 0 Å². The topological polar surface area (TPSA) is 41.8 Å². The van der Waals surface area contributed by atoms with Crippen molar-refractivity contribution in [2.24, 2.45) is 5.16 Å². The third-order valence-electron chi connectivity index (χ3n) is 2.48. The first-order chi connectivity index (χ1) is 9.10. The van der Waals surface area contributed by atoms with Crippen molar-refractivity contribution >= 4 is 28.6 Å². The molecule has 0 saturated carbocycles. The van der Waals surface area contributed by atoms with Crippen LogP contribution in [0.1, 0.15) is 17.4 Å². The van der Waals surface area contributed by atoms with E-state index in [4.69, 9.17) is 21.5 Å². The molecule has 19 heavy (non-hydrogen) atoms. The molecule has 0 aliphatic heterocycles. The normalized spacial score (nSPS) is 11.6. The number of ether oxygens (including phenoxy) is 1. The lowest BCUT2D eigenvalue weighted by molar-refractivity contribution is 0.305. The molecule has 0 unspecified atom stereocenters. The Balaban J connectivity index is 2.21. The van der Waals surface area contributed by atoms with Crippen LogP contribution in [-0.2, 0) is 6.61 Å². The molecule has 100 valence electrons. The number of hydrogen-bond acceptors (Lipinski definition) is 4. The molecule has 0 radical (unpaired) electrons. The predicted octanol–water partition coefficient (Wildman–Crippen LogP) is 4.32. The maximum absolute atomic E-state index is 13.2. The average Bonchev–Trinajstić information content (AvgIpc) is 2.81. The molecule has 2 rings (SSSR count). The molecule has 0 atom stereocenters. The standard InChI is InChI=1S/C13H11ClFNO2S/c1-8(16-17)11-4-2-9(15)6-12(11)18-7-10-3-5-13(14)19-10/h2-6,17H,7H2,1H3/b16-8-. The van der Waals surface area contributed by atoms with Crippen molar-refractivity contribution in [1.82, 2.24) is 0 Å². The second kappa shape index (κ2) is 6.04. The Kier molecular flexibility index (Phi) is 4.39. The summed E-state index contributed by atoms with van der Waals surface area (Å²) in [6, 6.07) is 7.69. The van der Waals surface area contributed by atoms with Crippen LogP contribution in [0.2, 0.25) is 4.34 Å². The zero-order valence-corrected chi connectivity index (χ0v) is 11.6. The van der Waals surface area contributed by atoms with Crippen LogP contribution in [0, 0.1) is 5.82 Å². The summed E-state index contributed by atoms with van der Waals surface area (Å²) < 4.78 is 19.5. The minimum absolute atomic E-state index is 0.284.